The molecule has 3 aromatic carbocycles. The van der Waals surface area contributed by atoms with Crippen molar-refractivity contribution in [3.63, 3.8) is 0 Å². The van der Waals surface area contributed by atoms with E-state index in [1.54, 1.807) is 0 Å². The van der Waals surface area contributed by atoms with E-state index < -0.39 is 6.04 Å². The standard InChI is InChI=1S/C29H33N3O3/c1-4-15-35-28-14-11-21(20-9-12-24(13-10-20)32(2)3)17-26(28)29(34)31-23(19-33)16-22-18-30-27-8-6-5-7-25(22)27/h5-14,17-18,23,30,33H,4,15-16,19H2,1-3H3,(H,31,34)/t23-/m0/s1. The minimum Gasteiger partial charge on any atom is -0.493 e. The van der Waals surface area contributed by atoms with Crippen LogP contribution in [0.4, 0.5) is 5.69 Å². The van der Waals surface area contributed by atoms with Crippen molar-refractivity contribution < 1.29 is 14.6 Å². The van der Waals surface area contributed by atoms with Gasteiger partial charge in [-0.15, -0.1) is 0 Å². The number of aliphatic hydroxyl groups excluding tert-OH is 1. The quantitative estimate of drug-likeness (QED) is 0.303. The van der Waals surface area contributed by atoms with E-state index in [4.69, 9.17) is 4.74 Å². The maximum absolute atomic E-state index is 13.4. The monoisotopic (exact) mass is 471 g/mol. The highest BCUT2D eigenvalue weighted by atomic mass is 16.5. The van der Waals surface area contributed by atoms with Gasteiger partial charge in [0.15, 0.2) is 0 Å². The number of amides is 1. The number of aliphatic hydroxyl groups is 1. The summed E-state index contributed by atoms with van der Waals surface area (Å²) in [7, 11) is 4.01. The maximum Gasteiger partial charge on any atom is 0.255 e. The molecule has 0 aliphatic rings. The van der Waals surface area contributed by atoms with E-state index in [1.165, 1.54) is 0 Å². The fraction of sp³-hybridized carbons (Fsp3) is 0.276. The molecule has 35 heavy (non-hydrogen) atoms. The van der Waals surface area contributed by atoms with E-state index in [9.17, 15) is 9.90 Å². The Morgan fingerprint density at radius 1 is 1.06 bits per heavy atom. The van der Waals surface area contributed by atoms with E-state index in [0.29, 0.717) is 24.3 Å². The van der Waals surface area contributed by atoms with Gasteiger partial charge in [0, 0.05) is 36.9 Å². The summed E-state index contributed by atoms with van der Waals surface area (Å²) >= 11 is 0. The molecule has 1 amide bonds. The Balaban J connectivity index is 1.58. The molecule has 0 spiro atoms. The van der Waals surface area contributed by atoms with Gasteiger partial charge >= 0.3 is 0 Å². The molecule has 4 rings (SSSR count). The van der Waals surface area contributed by atoms with Crippen LogP contribution >= 0.6 is 0 Å². The van der Waals surface area contributed by atoms with Crippen LogP contribution in [0, 0.1) is 0 Å². The molecule has 182 valence electrons. The topological polar surface area (TPSA) is 77.6 Å². The predicted molar refractivity (Wildman–Crippen MR) is 142 cm³/mol. The number of nitrogens with zero attached hydrogens (tertiary/aromatic N) is 1. The number of carbonyl (C=O) groups excluding carboxylic acids is 1. The predicted octanol–water partition coefficient (Wildman–Crippen LogP) is 5.02. The molecule has 0 saturated carbocycles. The highest BCUT2D eigenvalue weighted by molar-refractivity contribution is 5.98. The number of aromatic nitrogens is 1. The number of hydrogen-bond donors (Lipinski definition) is 3. The first-order chi connectivity index (χ1) is 17.0. The van der Waals surface area contributed by atoms with Gasteiger partial charge in [0.25, 0.3) is 5.91 Å². The van der Waals surface area contributed by atoms with Gasteiger partial charge in [-0.25, -0.2) is 0 Å². The first kappa shape index (κ1) is 24.4. The summed E-state index contributed by atoms with van der Waals surface area (Å²) in [6, 6.07) is 21.5. The zero-order valence-electron chi connectivity index (χ0n) is 20.5. The average Bonchev–Trinajstić information content (AvgIpc) is 3.29. The Hall–Kier alpha value is -3.77. The Kier molecular flexibility index (Phi) is 7.73. The minimum atomic E-state index is -0.427. The Morgan fingerprint density at radius 2 is 1.80 bits per heavy atom. The van der Waals surface area contributed by atoms with Gasteiger partial charge in [-0.3, -0.25) is 4.79 Å². The second-order valence-electron chi connectivity index (χ2n) is 8.92. The third-order valence-electron chi connectivity index (χ3n) is 6.10. The third-order valence-corrected chi connectivity index (χ3v) is 6.10. The van der Waals surface area contributed by atoms with E-state index in [2.05, 4.69) is 22.4 Å². The van der Waals surface area contributed by atoms with Gasteiger partial charge in [0.1, 0.15) is 5.75 Å². The van der Waals surface area contributed by atoms with E-state index >= 15 is 0 Å². The van der Waals surface area contributed by atoms with E-state index in [1.807, 2.05) is 86.7 Å². The number of carbonyl (C=O) groups is 1. The summed E-state index contributed by atoms with van der Waals surface area (Å²) in [5, 5.41) is 14.2. The molecular weight excluding hydrogens is 438 g/mol. The molecule has 0 bridgehead atoms. The number of H-pyrrole nitrogens is 1. The molecule has 1 atom stereocenters. The summed E-state index contributed by atoms with van der Waals surface area (Å²) in [4.78, 5) is 18.7. The van der Waals surface area contributed by atoms with Crippen LogP contribution in [-0.2, 0) is 6.42 Å². The Morgan fingerprint density at radius 3 is 2.51 bits per heavy atom. The van der Waals surface area contributed by atoms with Crippen LogP contribution in [-0.4, -0.2) is 49.3 Å². The number of nitrogens with one attached hydrogen (secondary N) is 2. The zero-order valence-corrected chi connectivity index (χ0v) is 20.5. The highest BCUT2D eigenvalue weighted by Crippen LogP contribution is 2.29. The van der Waals surface area contributed by atoms with Gasteiger partial charge < -0.3 is 25.0 Å². The number of ether oxygens (including phenoxy) is 1. The molecule has 0 aliphatic carbocycles. The highest BCUT2D eigenvalue weighted by Gasteiger charge is 2.19. The summed E-state index contributed by atoms with van der Waals surface area (Å²) in [5.74, 6) is 0.281. The van der Waals surface area contributed by atoms with Gasteiger partial charge in [-0.2, -0.15) is 0 Å². The van der Waals surface area contributed by atoms with Crippen molar-refractivity contribution >= 4 is 22.5 Å². The fourth-order valence-electron chi connectivity index (χ4n) is 4.17. The molecule has 0 radical (unpaired) electrons. The van der Waals surface area contributed by atoms with Crippen molar-refractivity contribution in [2.24, 2.45) is 0 Å². The second-order valence-corrected chi connectivity index (χ2v) is 8.92. The van der Waals surface area contributed by atoms with Crippen LogP contribution in [0.15, 0.2) is 72.9 Å². The summed E-state index contributed by atoms with van der Waals surface area (Å²) in [5.41, 5.74) is 5.61. The zero-order chi connectivity index (χ0) is 24.8. The van der Waals surface area contributed by atoms with Crippen molar-refractivity contribution in [2.75, 3.05) is 32.2 Å². The number of rotatable bonds is 10. The van der Waals surface area contributed by atoms with Crippen LogP contribution < -0.4 is 15.0 Å². The normalized spacial score (nSPS) is 11.9. The molecular formula is C29H33N3O3. The summed E-state index contributed by atoms with van der Waals surface area (Å²) in [6.45, 7) is 2.39. The molecule has 0 aliphatic heterocycles. The van der Waals surface area contributed by atoms with Crippen molar-refractivity contribution in [3.8, 4) is 16.9 Å². The molecule has 0 fully saturated rings. The van der Waals surface area contributed by atoms with Crippen LogP contribution in [0.1, 0.15) is 29.3 Å². The lowest BCUT2D eigenvalue weighted by atomic mass is 10.0. The molecule has 1 heterocycles. The lowest BCUT2D eigenvalue weighted by Crippen LogP contribution is -2.39. The SMILES string of the molecule is CCCOc1ccc(-c2ccc(N(C)C)cc2)cc1C(=O)N[C@H](CO)Cc1c[nH]c2ccccc12. The van der Waals surface area contributed by atoms with Crippen molar-refractivity contribution in [2.45, 2.75) is 25.8 Å². The average molecular weight is 472 g/mol. The molecule has 1 aromatic heterocycles. The lowest BCUT2D eigenvalue weighted by Gasteiger charge is -2.19. The number of fused-ring (bicyclic) bond motifs is 1. The van der Waals surface area contributed by atoms with Gasteiger partial charge in [-0.1, -0.05) is 43.3 Å². The van der Waals surface area contributed by atoms with Crippen LogP contribution in [0.3, 0.4) is 0 Å². The molecule has 6 nitrogen and oxygen atoms in total. The van der Waals surface area contributed by atoms with E-state index in [-0.39, 0.29) is 12.5 Å². The number of anilines is 1. The lowest BCUT2D eigenvalue weighted by molar-refractivity contribution is 0.0912. The first-order valence-electron chi connectivity index (χ1n) is 12.0. The van der Waals surface area contributed by atoms with Crippen LogP contribution in [0.25, 0.3) is 22.0 Å². The smallest absolute Gasteiger partial charge is 0.255 e. The second kappa shape index (κ2) is 11.1. The van der Waals surface area contributed by atoms with Gasteiger partial charge in [-0.05, 0) is 59.9 Å². The largest absolute Gasteiger partial charge is 0.493 e. The number of para-hydroxylation sites is 1. The molecule has 0 unspecified atom stereocenters. The van der Waals surface area contributed by atoms with E-state index in [0.717, 1.165) is 39.7 Å². The number of benzene rings is 3. The van der Waals surface area contributed by atoms with Crippen molar-refractivity contribution in [3.05, 3.63) is 84.1 Å². The molecule has 4 aromatic rings. The van der Waals surface area contributed by atoms with Gasteiger partial charge in [0.05, 0.1) is 24.8 Å². The van der Waals surface area contributed by atoms with Gasteiger partial charge in [0.2, 0.25) is 0 Å². The summed E-state index contributed by atoms with van der Waals surface area (Å²) in [6.07, 6.45) is 3.30. The Bertz CT molecular complexity index is 1280. The molecule has 3 N–H and O–H groups in total. The molecule has 0 saturated heterocycles. The fourth-order valence-corrected chi connectivity index (χ4v) is 4.17. The summed E-state index contributed by atoms with van der Waals surface area (Å²) < 4.78 is 5.89. The maximum atomic E-state index is 13.4. The number of hydrogen-bond acceptors (Lipinski definition) is 4. The Labute approximate surface area is 206 Å². The minimum absolute atomic E-state index is 0.165. The number of aromatic amines is 1. The van der Waals surface area contributed by atoms with Crippen LogP contribution in [0.5, 0.6) is 5.75 Å². The van der Waals surface area contributed by atoms with Crippen LogP contribution in [0.2, 0.25) is 0 Å². The first-order valence-corrected chi connectivity index (χ1v) is 12.0. The third kappa shape index (κ3) is 5.66. The van der Waals surface area contributed by atoms with Crippen molar-refractivity contribution in [1.82, 2.24) is 10.3 Å². The van der Waals surface area contributed by atoms with Crippen molar-refractivity contribution in [1.29, 1.82) is 0 Å². The molecule has 6 heteroatoms.